The van der Waals surface area contributed by atoms with Crippen molar-refractivity contribution in [2.45, 2.75) is 0 Å². The molecule has 0 bridgehead atoms. The topological polar surface area (TPSA) is 63.0 Å². The van der Waals surface area contributed by atoms with E-state index in [1.807, 2.05) is 0 Å². The van der Waals surface area contributed by atoms with Crippen LogP contribution in [0.4, 0.5) is 4.39 Å². The predicted molar refractivity (Wildman–Crippen MR) is 59.0 cm³/mol. The third-order valence-corrected chi connectivity index (χ3v) is 2.45. The van der Waals surface area contributed by atoms with Gasteiger partial charge in [-0.2, -0.15) is 9.61 Å². The maximum Gasteiger partial charge on any atom is 0.349 e. The van der Waals surface area contributed by atoms with Crippen molar-refractivity contribution in [3.8, 4) is 11.1 Å². The molecule has 0 amide bonds. The standard InChI is InChI=1S/C11H7FN4O/c12-8-3-1-2-7(4-8)9-5-15-16-10(9)13-6-14-11(16)17/h1-6H,(H,13,14,17). The fraction of sp³-hybridized carbons (Fsp3) is 0. The van der Waals surface area contributed by atoms with Gasteiger partial charge in [0.2, 0.25) is 0 Å². The van der Waals surface area contributed by atoms with E-state index in [1.165, 1.54) is 24.7 Å². The molecule has 2 aromatic heterocycles. The molecule has 2 heterocycles. The van der Waals surface area contributed by atoms with E-state index >= 15 is 0 Å². The van der Waals surface area contributed by atoms with E-state index in [2.05, 4.69) is 15.1 Å². The van der Waals surface area contributed by atoms with E-state index in [4.69, 9.17) is 0 Å². The molecule has 0 fully saturated rings. The van der Waals surface area contributed by atoms with Crippen molar-refractivity contribution in [2.75, 3.05) is 0 Å². The first-order valence-electron chi connectivity index (χ1n) is 4.93. The predicted octanol–water partition coefficient (Wildman–Crippen LogP) is 1.22. The van der Waals surface area contributed by atoms with Crippen LogP contribution in [0.3, 0.4) is 0 Å². The number of aromatic amines is 1. The van der Waals surface area contributed by atoms with Crippen molar-refractivity contribution < 1.29 is 4.39 Å². The van der Waals surface area contributed by atoms with E-state index in [-0.39, 0.29) is 11.5 Å². The van der Waals surface area contributed by atoms with Crippen LogP contribution in [0.15, 0.2) is 41.6 Å². The lowest BCUT2D eigenvalue weighted by atomic mass is 10.1. The average Bonchev–Trinajstić information content (AvgIpc) is 2.74. The number of nitrogens with one attached hydrogen (secondary N) is 1. The molecule has 0 unspecified atom stereocenters. The van der Waals surface area contributed by atoms with Crippen molar-refractivity contribution >= 4 is 5.65 Å². The molecule has 84 valence electrons. The van der Waals surface area contributed by atoms with E-state index in [1.54, 1.807) is 12.1 Å². The van der Waals surface area contributed by atoms with Crippen LogP contribution in [0, 0.1) is 5.82 Å². The maximum atomic E-state index is 13.1. The van der Waals surface area contributed by atoms with Crippen LogP contribution in [0.25, 0.3) is 16.8 Å². The zero-order valence-electron chi connectivity index (χ0n) is 8.59. The van der Waals surface area contributed by atoms with E-state index < -0.39 is 0 Å². The normalized spacial score (nSPS) is 10.9. The molecular formula is C11H7FN4O. The Morgan fingerprint density at radius 1 is 1.35 bits per heavy atom. The first kappa shape index (κ1) is 9.71. The fourth-order valence-corrected chi connectivity index (χ4v) is 1.68. The molecule has 0 atom stereocenters. The Kier molecular flexibility index (Phi) is 2.01. The Bertz CT molecular complexity index is 746. The van der Waals surface area contributed by atoms with Gasteiger partial charge >= 0.3 is 5.69 Å². The molecular weight excluding hydrogens is 223 g/mol. The smallest absolute Gasteiger partial charge is 0.296 e. The van der Waals surface area contributed by atoms with Gasteiger partial charge in [0.05, 0.1) is 12.5 Å². The van der Waals surface area contributed by atoms with Gasteiger partial charge < -0.3 is 0 Å². The molecule has 0 saturated carbocycles. The van der Waals surface area contributed by atoms with E-state index in [0.717, 1.165) is 4.52 Å². The Labute approximate surface area is 94.6 Å². The number of aromatic nitrogens is 4. The van der Waals surface area contributed by atoms with Gasteiger partial charge in [0.1, 0.15) is 5.82 Å². The number of H-pyrrole nitrogens is 1. The highest BCUT2D eigenvalue weighted by Gasteiger charge is 2.09. The zero-order valence-corrected chi connectivity index (χ0v) is 8.59. The third-order valence-electron chi connectivity index (χ3n) is 2.45. The maximum absolute atomic E-state index is 13.1. The number of benzene rings is 1. The first-order chi connectivity index (χ1) is 8.25. The van der Waals surface area contributed by atoms with Crippen molar-refractivity contribution in [3.05, 3.63) is 53.1 Å². The summed E-state index contributed by atoms with van der Waals surface area (Å²) in [4.78, 5) is 17.9. The van der Waals surface area contributed by atoms with Crippen LogP contribution >= 0.6 is 0 Å². The van der Waals surface area contributed by atoms with Gasteiger partial charge in [-0.15, -0.1) is 0 Å². The van der Waals surface area contributed by atoms with Gasteiger partial charge in [0, 0.05) is 5.56 Å². The lowest BCUT2D eigenvalue weighted by Crippen LogP contribution is -2.17. The largest absolute Gasteiger partial charge is 0.349 e. The molecule has 1 aromatic carbocycles. The second-order valence-electron chi connectivity index (χ2n) is 3.51. The Balaban J connectivity index is 2.32. The molecule has 17 heavy (non-hydrogen) atoms. The highest BCUT2D eigenvalue weighted by atomic mass is 19.1. The van der Waals surface area contributed by atoms with E-state index in [9.17, 15) is 9.18 Å². The quantitative estimate of drug-likeness (QED) is 0.683. The molecule has 0 aliphatic heterocycles. The highest BCUT2D eigenvalue weighted by Crippen LogP contribution is 2.22. The molecule has 0 aliphatic carbocycles. The Hall–Kier alpha value is -2.50. The van der Waals surface area contributed by atoms with Gasteiger partial charge in [-0.3, -0.25) is 4.98 Å². The molecule has 3 rings (SSSR count). The molecule has 3 aromatic rings. The summed E-state index contributed by atoms with van der Waals surface area (Å²) in [6.07, 6.45) is 2.79. The monoisotopic (exact) mass is 230 g/mol. The summed E-state index contributed by atoms with van der Waals surface area (Å²) < 4.78 is 14.3. The number of rotatable bonds is 1. The summed E-state index contributed by atoms with van der Waals surface area (Å²) in [5.74, 6) is -0.341. The van der Waals surface area contributed by atoms with Gasteiger partial charge in [0.15, 0.2) is 5.65 Å². The van der Waals surface area contributed by atoms with Crippen LogP contribution in [-0.4, -0.2) is 19.6 Å². The minimum absolute atomic E-state index is 0.341. The first-order valence-corrected chi connectivity index (χ1v) is 4.93. The SMILES string of the molecule is O=c1[nH]cnc2c(-c3cccc(F)c3)cnn12. The number of hydrogen-bond donors (Lipinski definition) is 1. The molecule has 0 aliphatic rings. The van der Waals surface area contributed by atoms with Crippen LogP contribution in [-0.2, 0) is 0 Å². The number of fused-ring (bicyclic) bond motifs is 1. The molecule has 5 nitrogen and oxygen atoms in total. The van der Waals surface area contributed by atoms with Gasteiger partial charge in [-0.25, -0.2) is 14.2 Å². The summed E-state index contributed by atoms with van der Waals surface area (Å²) in [5.41, 5.74) is 1.28. The average molecular weight is 230 g/mol. The summed E-state index contributed by atoms with van der Waals surface area (Å²) in [7, 11) is 0. The van der Waals surface area contributed by atoms with E-state index in [0.29, 0.717) is 16.8 Å². The van der Waals surface area contributed by atoms with Crippen molar-refractivity contribution in [2.24, 2.45) is 0 Å². The van der Waals surface area contributed by atoms with Crippen LogP contribution in [0.1, 0.15) is 0 Å². The molecule has 6 heteroatoms. The van der Waals surface area contributed by atoms with Gasteiger partial charge in [-0.05, 0) is 17.7 Å². The molecule has 1 N–H and O–H groups in total. The summed E-state index contributed by atoms with van der Waals surface area (Å²) in [6.45, 7) is 0. The Morgan fingerprint density at radius 2 is 2.24 bits per heavy atom. The number of hydrogen-bond acceptors (Lipinski definition) is 3. The van der Waals surface area contributed by atoms with Crippen molar-refractivity contribution in [1.29, 1.82) is 0 Å². The fourth-order valence-electron chi connectivity index (χ4n) is 1.68. The lowest BCUT2D eigenvalue weighted by molar-refractivity contribution is 0.628. The van der Waals surface area contributed by atoms with Crippen LogP contribution < -0.4 is 5.69 Å². The van der Waals surface area contributed by atoms with Crippen LogP contribution in [0.5, 0.6) is 0 Å². The van der Waals surface area contributed by atoms with Gasteiger partial charge in [0.25, 0.3) is 0 Å². The highest BCUT2D eigenvalue weighted by molar-refractivity contribution is 5.76. The summed E-state index contributed by atoms with van der Waals surface area (Å²) in [5, 5.41) is 3.91. The number of halogens is 1. The second-order valence-corrected chi connectivity index (χ2v) is 3.51. The summed E-state index contributed by atoms with van der Waals surface area (Å²) in [6, 6.07) is 6.07. The minimum atomic E-state index is -0.377. The summed E-state index contributed by atoms with van der Waals surface area (Å²) >= 11 is 0. The van der Waals surface area contributed by atoms with Gasteiger partial charge in [-0.1, -0.05) is 12.1 Å². The minimum Gasteiger partial charge on any atom is -0.296 e. The molecule has 0 radical (unpaired) electrons. The van der Waals surface area contributed by atoms with Crippen molar-refractivity contribution in [1.82, 2.24) is 19.6 Å². The molecule has 0 spiro atoms. The zero-order chi connectivity index (χ0) is 11.8. The van der Waals surface area contributed by atoms with Crippen molar-refractivity contribution in [3.63, 3.8) is 0 Å². The second kappa shape index (κ2) is 3.51. The van der Waals surface area contributed by atoms with Crippen LogP contribution in [0.2, 0.25) is 0 Å². The third kappa shape index (κ3) is 1.50. The molecule has 0 saturated heterocycles. The number of nitrogens with zero attached hydrogens (tertiary/aromatic N) is 3. The lowest BCUT2D eigenvalue weighted by Gasteiger charge is -1.98. The Morgan fingerprint density at radius 3 is 3.06 bits per heavy atom.